The molecule has 1 fully saturated rings. The lowest BCUT2D eigenvalue weighted by molar-refractivity contribution is -0.144. The molecule has 0 aromatic rings. The van der Waals surface area contributed by atoms with Gasteiger partial charge in [-0.25, -0.2) is 0 Å². The van der Waals surface area contributed by atoms with Gasteiger partial charge in [-0.1, -0.05) is 6.42 Å². The predicted molar refractivity (Wildman–Crippen MR) is 84.4 cm³/mol. The summed E-state index contributed by atoms with van der Waals surface area (Å²) < 4.78 is 27.5. The van der Waals surface area contributed by atoms with Crippen LogP contribution in [0.5, 0.6) is 0 Å². The highest BCUT2D eigenvalue weighted by molar-refractivity contribution is 7.87. The maximum absolute atomic E-state index is 12.3. The van der Waals surface area contributed by atoms with Gasteiger partial charge in [-0.2, -0.15) is 22.7 Å². The predicted octanol–water partition coefficient (Wildman–Crippen LogP) is -3.36. The number of hydrogen-bond acceptors (Lipinski definition) is 8. The lowest BCUT2D eigenvalue weighted by Crippen LogP contribution is -2.55. The summed E-state index contributed by atoms with van der Waals surface area (Å²) in [5.74, 6) is -2.05. The molecule has 0 amide bonds. The van der Waals surface area contributed by atoms with Crippen LogP contribution in [-0.4, -0.2) is 72.2 Å². The van der Waals surface area contributed by atoms with Gasteiger partial charge in [-0.15, -0.1) is 0 Å². The number of rotatable bonds is 9. The zero-order valence-corrected chi connectivity index (χ0v) is 13.8. The zero-order valence-electron chi connectivity index (χ0n) is 13.0. The standard InChI is InChI=1S/C11H22BN5O6S/c13-4-9(5-14)16-24(22,23)17-6-8(2-1-3-12(20)21)11(15,7-17)10(18)19/h8-9,16,20-21H,1-4,6-7,13,15H2,(H,18,19)/t8-,9?,11-/m0/s1. The van der Waals surface area contributed by atoms with Crippen LogP contribution in [0.4, 0.5) is 0 Å². The first kappa shape index (κ1) is 20.8. The van der Waals surface area contributed by atoms with Crippen molar-refractivity contribution in [3.05, 3.63) is 0 Å². The Morgan fingerprint density at radius 3 is 2.62 bits per heavy atom. The number of carbonyl (C=O) groups is 1. The first-order chi connectivity index (χ1) is 11.1. The van der Waals surface area contributed by atoms with Gasteiger partial charge in [0.2, 0.25) is 0 Å². The molecule has 1 rings (SSSR count). The molecule has 13 heteroatoms. The summed E-state index contributed by atoms with van der Waals surface area (Å²) in [7, 11) is -5.65. The van der Waals surface area contributed by atoms with Crippen LogP contribution in [-0.2, 0) is 15.0 Å². The largest absolute Gasteiger partial charge is 0.480 e. The molecule has 11 nitrogen and oxygen atoms in total. The van der Waals surface area contributed by atoms with E-state index in [1.54, 1.807) is 6.07 Å². The molecule has 24 heavy (non-hydrogen) atoms. The van der Waals surface area contributed by atoms with Crippen molar-refractivity contribution >= 4 is 23.3 Å². The number of nitrogens with one attached hydrogen (secondary N) is 1. The molecular weight excluding hydrogens is 341 g/mol. The Hall–Kier alpha value is -1.27. The van der Waals surface area contributed by atoms with E-state index >= 15 is 0 Å². The average Bonchev–Trinajstić information content (AvgIpc) is 2.84. The second-order valence-corrected chi connectivity index (χ2v) is 7.49. The Kier molecular flexibility index (Phi) is 7.11. The highest BCUT2D eigenvalue weighted by Crippen LogP contribution is 2.31. The van der Waals surface area contributed by atoms with Crippen LogP contribution in [0.15, 0.2) is 0 Å². The topological polar surface area (TPSA) is 203 Å². The lowest BCUT2D eigenvalue weighted by Gasteiger charge is -2.25. The Morgan fingerprint density at radius 1 is 1.54 bits per heavy atom. The van der Waals surface area contributed by atoms with E-state index in [0.29, 0.717) is 0 Å². The molecule has 0 aromatic carbocycles. The van der Waals surface area contributed by atoms with Gasteiger partial charge in [0.1, 0.15) is 11.6 Å². The van der Waals surface area contributed by atoms with Crippen LogP contribution < -0.4 is 16.2 Å². The molecule has 0 saturated carbocycles. The van der Waals surface area contributed by atoms with Crippen molar-refractivity contribution in [2.45, 2.75) is 30.7 Å². The maximum atomic E-state index is 12.3. The van der Waals surface area contributed by atoms with Crippen molar-refractivity contribution in [3.8, 4) is 6.07 Å². The van der Waals surface area contributed by atoms with Gasteiger partial charge in [-0.05, 0) is 12.7 Å². The van der Waals surface area contributed by atoms with Crippen molar-refractivity contribution in [1.29, 1.82) is 5.26 Å². The summed E-state index contributed by atoms with van der Waals surface area (Å²) >= 11 is 0. The molecule has 1 aliphatic heterocycles. The fourth-order valence-electron chi connectivity index (χ4n) is 2.60. The number of carboxylic acids is 1. The summed E-state index contributed by atoms with van der Waals surface area (Å²) in [6.45, 7) is -0.830. The summed E-state index contributed by atoms with van der Waals surface area (Å²) in [6, 6.07) is 0.559. The first-order valence-electron chi connectivity index (χ1n) is 7.32. The Bertz CT molecular complexity index is 596. The van der Waals surface area contributed by atoms with Crippen molar-refractivity contribution in [2.75, 3.05) is 19.6 Å². The van der Waals surface area contributed by atoms with Crippen molar-refractivity contribution < 1.29 is 28.4 Å². The van der Waals surface area contributed by atoms with E-state index in [4.69, 9.17) is 26.8 Å². The number of nitrogens with two attached hydrogens (primary N) is 2. The summed E-state index contributed by atoms with van der Waals surface area (Å²) in [4.78, 5) is 11.5. The SMILES string of the molecule is N#CC(CN)NS(=O)(=O)N1C[C@H](CCCB(O)O)[C@](N)(C(=O)O)C1. The molecule has 0 spiro atoms. The van der Waals surface area contributed by atoms with E-state index in [2.05, 4.69) is 4.72 Å². The fraction of sp³-hybridized carbons (Fsp3) is 0.818. The molecule has 1 saturated heterocycles. The third kappa shape index (κ3) is 4.87. The van der Waals surface area contributed by atoms with E-state index in [9.17, 15) is 18.3 Å². The van der Waals surface area contributed by atoms with Gasteiger partial charge in [0.25, 0.3) is 10.2 Å². The molecule has 3 atom stereocenters. The second-order valence-electron chi connectivity index (χ2n) is 5.79. The molecule has 0 bridgehead atoms. The van der Waals surface area contributed by atoms with Crippen molar-refractivity contribution in [2.24, 2.45) is 17.4 Å². The Balaban J connectivity index is 2.89. The van der Waals surface area contributed by atoms with Gasteiger partial charge < -0.3 is 26.6 Å². The van der Waals surface area contributed by atoms with Gasteiger partial charge in [0.15, 0.2) is 0 Å². The van der Waals surface area contributed by atoms with Crippen molar-refractivity contribution in [1.82, 2.24) is 9.03 Å². The summed E-state index contributed by atoms with van der Waals surface area (Å²) in [5, 5.41) is 35.9. The average molecular weight is 363 g/mol. The van der Waals surface area contributed by atoms with E-state index in [1.165, 1.54) is 0 Å². The van der Waals surface area contributed by atoms with E-state index < -0.39 is 47.3 Å². The van der Waals surface area contributed by atoms with Gasteiger partial charge >= 0.3 is 13.1 Å². The lowest BCUT2D eigenvalue weighted by atomic mass is 9.78. The third-order valence-corrected chi connectivity index (χ3v) is 5.57. The van der Waals surface area contributed by atoms with E-state index in [0.717, 1.165) is 4.31 Å². The maximum Gasteiger partial charge on any atom is 0.451 e. The Morgan fingerprint density at radius 2 is 2.17 bits per heavy atom. The quantitative estimate of drug-likeness (QED) is 0.226. The van der Waals surface area contributed by atoms with Crippen LogP contribution in [0.25, 0.3) is 0 Å². The van der Waals surface area contributed by atoms with Gasteiger partial charge in [-0.3, -0.25) is 4.79 Å². The smallest absolute Gasteiger partial charge is 0.451 e. The molecule has 136 valence electrons. The van der Waals surface area contributed by atoms with Gasteiger partial charge in [0, 0.05) is 25.6 Å². The van der Waals surface area contributed by atoms with Crippen LogP contribution in [0.1, 0.15) is 12.8 Å². The highest BCUT2D eigenvalue weighted by Gasteiger charge is 2.52. The minimum Gasteiger partial charge on any atom is -0.480 e. The number of nitrogens with zero attached hydrogens (tertiary/aromatic N) is 2. The third-order valence-electron chi connectivity index (χ3n) is 4.03. The number of hydrogen-bond donors (Lipinski definition) is 6. The minimum atomic E-state index is -4.12. The highest BCUT2D eigenvalue weighted by atomic mass is 32.2. The molecule has 1 unspecified atom stereocenters. The number of carboxylic acid groups (broad SMARTS) is 1. The van der Waals surface area contributed by atoms with E-state index in [1.807, 2.05) is 0 Å². The van der Waals surface area contributed by atoms with Gasteiger partial charge in [0.05, 0.1) is 6.07 Å². The van der Waals surface area contributed by atoms with Crippen LogP contribution in [0.3, 0.4) is 0 Å². The molecule has 0 aromatic heterocycles. The van der Waals surface area contributed by atoms with Crippen LogP contribution >= 0.6 is 0 Å². The van der Waals surface area contributed by atoms with Crippen LogP contribution in [0, 0.1) is 17.2 Å². The first-order valence-corrected chi connectivity index (χ1v) is 8.76. The zero-order chi connectivity index (χ0) is 18.5. The molecule has 8 N–H and O–H groups in total. The number of aliphatic carboxylic acids is 1. The van der Waals surface area contributed by atoms with E-state index in [-0.39, 0.29) is 32.3 Å². The normalized spacial score (nSPS) is 26.0. The Labute approximate surface area is 140 Å². The molecule has 1 heterocycles. The molecular formula is C11H22BN5O6S. The molecule has 0 radical (unpaired) electrons. The number of nitriles is 1. The fourth-order valence-corrected chi connectivity index (χ4v) is 4.01. The monoisotopic (exact) mass is 363 g/mol. The second kappa shape index (κ2) is 8.21. The molecule has 0 aliphatic carbocycles. The summed E-state index contributed by atoms with van der Waals surface area (Å²) in [5.41, 5.74) is 9.38. The van der Waals surface area contributed by atoms with Crippen LogP contribution in [0.2, 0.25) is 6.32 Å². The minimum absolute atomic E-state index is 0.0286. The molecule has 1 aliphatic rings. The van der Waals surface area contributed by atoms with Crippen molar-refractivity contribution in [3.63, 3.8) is 0 Å². The summed E-state index contributed by atoms with van der Waals surface area (Å²) in [6.07, 6.45) is 0.519.